The lowest BCUT2D eigenvalue weighted by molar-refractivity contribution is 0.143. The number of hydrogen-bond acceptors (Lipinski definition) is 3. The Morgan fingerprint density at radius 1 is 1.00 bits per heavy atom. The predicted molar refractivity (Wildman–Crippen MR) is 130 cm³/mol. The van der Waals surface area contributed by atoms with Gasteiger partial charge in [-0.05, 0) is 63.7 Å². The second kappa shape index (κ2) is 16.0. The topological polar surface area (TPSA) is 48.9 Å². The van der Waals surface area contributed by atoms with Crippen LogP contribution in [0, 0.1) is 0 Å². The van der Waals surface area contributed by atoms with Crippen molar-refractivity contribution in [3.05, 3.63) is 35.4 Å². The number of nitrogens with zero attached hydrogens (tertiary/aromatic N) is 2. The number of piperidine rings is 1. The van der Waals surface area contributed by atoms with E-state index < -0.39 is 0 Å². The molecule has 2 rings (SSSR count). The standard InChI is InChI=1S/C22H38N4O.HI/c1-3-23-22(24-14-6-9-17-27-4-2)25-18-20-10-12-21(13-11-20)19-26-15-7-5-8-16-26;/h10-13H,3-9,14-19H2,1-2H3,(H2,23,24,25);1H. The largest absolute Gasteiger partial charge is 0.382 e. The van der Waals surface area contributed by atoms with E-state index in [1.54, 1.807) is 0 Å². The van der Waals surface area contributed by atoms with Gasteiger partial charge in [-0.15, -0.1) is 24.0 Å². The van der Waals surface area contributed by atoms with Crippen molar-refractivity contribution in [1.82, 2.24) is 15.5 Å². The zero-order valence-corrected chi connectivity index (χ0v) is 20.0. The minimum Gasteiger partial charge on any atom is -0.382 e. The van der Waals surface area contributed by atoms with Crippen LogP contribution in [-0.4, -0.2) is 50.3 Å². The fourth-order valence-electron chi connectivity index (χ4n) is 3.32. The van der Waals surface area contributed by atoms with E-state index in [0.717, 1.165) is 51.6 Å². The van der Waals surface area contributed by atoms with Crippen molar-refractivity contribution < 1.29 is 4.74 Å². The number of rotatable bonds is 11. The van der Waals surface area contributed by atoms with Gasteiger partial charge in [0.1, 0.15) is 0 Å². The Kier molecular flexibility index (Phi) is 14.4. The molecule has 0 unspecified atom stereocenters. The zero-order chi connectivity index (χ0) is 19.2. The average molecular weight is 502 g/mol. The fourth-order valence-corrected chi connectivity index (χ4v) is 3.32. The molecule has 0 aromatic heterocycles. The van der Waals surface area contributed by atoms with Crippen molar-refractivity contribution in [2.45, 2.75) is 59.0 Å². The van der Waals surface area contributed by atoms with Crippen LogP contribution in [-0.2, 0) is 17.8 Å². The Bertz CT molecular complexity index is 530. The molecular formula is C22H39IN4O. The molecule has 6 heteroatoms. The molecule has 0 spiro atoms. The fraction of sp³-hybridized carbons (Fsp3) is 0.682. The molecule has 5 nitrogen and oxygen atoms in total. The van der Waals surface area contributed by atoms with Crippen LogP contribution < -0.4 is 10.6 Å². The highest BCUT2D eigenvalue weighted by molar-refractivity contribution is 14.0. The lowest BCUT2D eigenvalue weighted by atomic mass is 10.1. The smallest absolute Gasteiger partial charge is 0.191 e. The summed E-state index contributed by atoms with van der Waals surface area (Å²) < 4.78 is 5.37. The van der Waals surface area contributed by atoms with E-state index >= 15 is 0 Å². The third-order valence-electron chi connectivity index (χ3n) is 4.85. The lowest BCUT2D eigenvalue weighted by Crippen LogP contribution is -2.37. The van der Waals surface area contributed by atoms with Crippen LogP contribution >= 0.6 is 24.0 Å². The van der Waals surface area contributed by atoms with E-state index in [2.05, 4.69) is 46.7 Å². The van der Waals surface area contributed by atoms with E-state index in [1.807, 2.05) is 6.92 Å². The van der Waals surface area contributed by atoms with E-state index in [-0.39, 0.29) is 24.0 Å². The number of aliphatic imine (C=N–C) groups is 1. The molecule has 1 aliphatic rings. The Morgan fingerprint density at radius 3 is 2.39 bits per heavy atom. The number of benzene rings is 1. The van der Waals surface area contributed by atoms with Gasteiger partial charge in [0.25, 0.3) is 0 Å². The monoisotopic (exact) mass is 502 g/mol. The Balaban J connectivity index is 0.00000392. The summed E-state index contributed by atoms with van der Waals surface area (Å²) in [5.74, 6) is 0.895. The summed E-state index contributed by atoms with van der Waals surface area (Å²) >= 11 is 0. The molecule has 0 amide bonds. The van der Waals surface area contributed by atoms with Gasteiger partial charge in [0.15, 0.2) is 5.96 Å². The van der Waals surface area contributed by atoms with Crippen molar-refractivity contribution in [1.29, 1.82) is 0 Å². The normalized spacial score (nSPS) is 15.1. The first-order valence-electron chi connectivity index (χ1n) is 10.7. The molecule has 0 bridgehead atoms. The van der Waals surface area contributed by atoms with Gasteiger partial charge in [0, 0.05) is 32.8 Å². The van der Waals surface area contributed by atoms with E-state index in [0.29, 0.717) is 6.54 Å². The van der Waals surface area contributed by atoms with Crippen LogP contribution in [0.3, 0.4) is 0 Å². The molecule has 1 saturated heterocycles. The Labute approximate surface area is 188 Å². The molecule has 28 heavy (non-hydrogen) atoms. The molecule has 0 radical (unpaired) electrons. The van der Waals surface area contributed by atoms with Gasteiger partial charge >= 0.3 is 0 Å². The first kappa shape index (κ1) is 25.2. The third kappa shape index (κ3) is 10.6. The summed E-state index contributed by atoms with van der Waals surface area (Å²) in [5.41, 5.74) is 2.66. The summed E-state index contributed by atoms with van der Waals surface area (Å²) in [5, 5.41) is 6.73. The highest BCUT2D eigenvalue weighted by Gasteiger charge is 2.10. The van der Waals surface area contributed by atoms with Crippen molar-refractivity contribution in [3.63, 3.8) is 0 Å². The summed E-state index contributed by atoms with van der Waals surface area (Å²) in [7, 11) is 0. The van der Waals surface area contributed by atoms with Crippen molar-refractivity contribution in [2.24, 2.45) is 4.99 Å². The van der Waals surface area contributed by atoms with E-state index in [9.17, 15) is 0 Å². The summed E-state index contributed by atoms with van der Waals surface area (Å²) in [4.78, 5) is 7.28. The number of likely N-dealkylation sites (tertiary alicyclic amines) is 1. The second-order valence-electron chi connectivity index (χ2n) is 7.18. The lowest BCUT2D eigenvalue weighted by Gasteiger charge is -2.26. The van der Waals surface area contributed by atoms with Crippen molar-refractivity contribution >= 4 is 29.9 Å². The van der Waals surface area contributed by atoms with Gasteiger partial charge in [-0.1, -0.05) is 30.7 Å². The van der Waals surface area contributed by atoms with E-state index in [1.165, 1.54) is 43.5 Å². The highest BCUT2D eigenvalue weighted by atomic mass is 127. The van der Waals surface area contributed by atoms with Gasteiger partial charge in [0.2, 0.25) is 0 Å². The number of nitrogens with one attached hydrogen (secondary N) is 2. The molecule has 1 aromatic carbocycles. The van der Waals surface area contributed by atoms with Gasteiger partial charge in [0.05, 0.1) is 6.54 Å². The summed E-state index contributed by atoms with van der Waals surface area (Å²) in [6, 6.07) is 8.95. The minimum atomic E-state index is 0. The summed E-state index contributed by atoms with van der Waals surface area (Å²) in [6.45, 7) is 11.9. The molecule has 1 aliphatic heterocycles. The van der Waals surface area contributed by atoms with Gasteiger partial charge in [-0.25, -0.2) is 4.99 Å². The van der Waals surface area contributed by atoms with Crippen LogP contribution in [0.15, 0.2) is 29.3 Å². The van der Waals surface area contributed by atoms with Crippen molar-refractivity contribution in [3.8, 4) is 0 Å². The zero-order valence-electron chi connectivity index (χ0n) is 17.7. The first-order valence-corrected chi connectivity index (χ1v) is 10.7. The maximum absolute atomic E-state index is 5.37. The molecule has 0 atom stereocenters. The number of halogens is 1. The van der Waals surface area contributed by atoms with Crippen LogP contribution in [0.4, 0.5) is 0 Å². The third-order valence-corrected chi connectivity index (χ3v) is 4.85. The number of ether oxygens (including phenoxy) is 1. The van der Waals surface area contributed by atoms with Crippen LogP contribution in [0.5, 0.6) is 0 Å². The number of guanidine groups is 1. The molecular weight excluding hydrogens is 463 g/mol. The molecule has 2 N–H and O–H groups in total. The molecule has 0 saturated carbocycles. The molecule has 1 fully saturated rings. The molecule has 0 aliphatic carbocycles. The number of unbranched alkanes of at least 4 members (excludes halogenated alkanes) is 1. The Hall–Kier alpha value is -0.860. The quantitative estimate of drug-likeness (QED) is 0.207. The average Bonchev–Trinajstić information content (AvgIpc) is 2.70. The second-order valence-corrected chi connectivity index (χ2v) is 7.18. The van der Waals surface area contributed by atoms with Gasteiger partial charge in [-0.2, -0.15) is 0 Å². The van der Waals surface area contributed by atoms with Crippen LogP contribution in [0.25, 0.3) is 0 Å². The first-order chi connectivity index (χ1) is 13.3. The number of hydrogen-bond donors (Lipinski definition) is 2. The maximum atomic E-state index is 5.37. The highest BCUT2D eigenvalue weighted by Crippen LogP contribution is 2.14. The minimum absolute atomic E-state index is 0. The SMILES string of the molecule is CCNC(=NCc1ccc(CN2CCCCC2)cc1)NCCCCOCC.I. The predicted octanol–water partition coefficient (Wildman–Crippen LogP) is 4.16. The molecule has 160 valence electrons. The van der Waals surface area contributed by atoms with E-state index in [4.69, 9.17) is 9.73 Å². The van der Waals surface area contributed by atoms with Crippen LogP contribution in [0.1, 0.15) is 57.1 Å². The Morgan fingerprint density at radius 2 is 1.71 bits per heavy atom. The van der Waals surface area contributed by atoms with Crippen LogP contribution in [0.2, 0.25) is 0 Å². The summed E-state index contributed by atoms with van der Waals surface area (Å²) in [6.07, 6.45) is 6.26. The maximum Gasteiger partial charge on any atom is 0.191 e. The molecule has 1 aromatic rings. The van der Waals surface area contributed by atoms with Gasteiger partial charge < -0.3 is 15.4 Å². The van der Waals surface area contributed by atoms with Crippen molar-refractivity contribution in [2.75, 3.05) is 39.4 Å². The molecule has 1 heterocycles. The van der Waals surface area contributed by atoms with Gasteiger partial charge in [-0.3, -0.25) is 4.90 Å².